The highest BCUT2D eigenvalue weighted by Crippen LogP contribution is 2.39. The largest absolute Gasteiger partial charge is 0.872 e. The van der Waals surface area contributed by atoms with Gasteiger partial charge in [-0.15, -0.1) is 0 Å². The van der Waals surface area contributed by atoms with Crippen molar-refractivity contribution >= 4 is 17.4 Å². The lowest BCUT2D eigenvalue weighted by Gasteiger charge is -2.28. The number of quaternary nitrogens is 1. The van der Waals surface area contributed by atoms with Crippen LogP contribution in [0.2, 0.25) is 0 Å². The summed E-state index contributed by atoms with van der Waals surface area (Å²) in [6.45, 7) is 10.9. The van der Waals surface area contributed by atoms with Crippen LogP contribution in [-0.2, 0) is 9.59 Å². The average molecular weight is 467 g/mol. The molecule has 0 saturated carbocycles. The molecule has 0 bridgehead atoms. The van der Waals surface area contributed by atoms with Crippen LogP contribution in [0.1, 0.15) is 44.9 Å². The van der Waals surface area contributed by atoms with E-state index >= 15 is 0 Å². The first kappa shape index (κ1) is 25.3. The lowest BCUT2D eigenvalue weighted by atomic mass is 9.95. The van der Waals surface area contributed by atoms with Crippen molar-refractivity contribution in [2.45, 2.75) is 39.8 Å². The molecule has 1 aliphatic heterocycles. The van der Waals surface area contributed by atoms with Gasteiger partial charge in [-0.2, -0.15) is 0 Å². The van der Waals surface area contributed by atoms with E-state index in [1.165, 1.54) is 4.90 Å². The summed E-state index contributed by atoms with van der Waals surface area (Å²) in [5.41, 5.74) is 1.04. The molecule has 7 heteroatoms. The maximum atomic E-state index is 13.5. The predicted octanol–water partition coefficient (Wildman–Crippen LogP) is 1.63. The van der Waals surface area contributed by atoms with E-state index in [0.717, 1.165) is 13.1 Å². The fourth-order valence-electron chi connectivity index (χ4n) is 4.23. The second-order valence-corrected chi connectivity index (χ2v) is 8.64. The molecule has 2 aromatic carbocycles. The Kier molecular flexibility index (Phi) is 8.34. The van der Waals surface area contributed by atoms with Gasteiger partial charge >= 0.3 is 0 Å². The molecule has 0 spiro atoms. The van der Waals surface area contributed by atoms with Crippen molar-refractivity contribution in [3.8, 4) is 11.5 Å². The summed E-state index contributed by atoms with van der Waals surface area (Å²) < 4.78 is 10.9. The van der Waals surface area contributed by atoms with Crippen LogP contribution in [0.3, 0.4) is 0 Å². The molecule has 1 atom stereocenters. The number of carbonyl (C=O) groups is 2. The van der Waals surface area contributed by atoms with Crippen LogP contribution in [0.15, 0.2) is 54.1 Å². The first-order valence-electron chi connectivity index (χ1n) is 11.8. The van der Waals surface area contributed by atoms with Gasteiger partial charge in [0.05, 0.1) is 45.4 Å². The number of rotatable bonds is 10. The second kappa shape index (κ2) is 11.2. The third-order valence-electron chi connectivity index (χ3n) is 6.16. The molecular weight excluding hydrogens is 432 g/mol. The molecule has 0 aliphatic carbocycles. The van der Waals surface area contributed by atoms with Gasteiger partial charge in [0.15, 0.2) is 0 Å². The van der Waals surface area contributed by atoms with Crippen molar-refractivity contribution < 1.29 is 29.1 Å². The van der Waals surface area contributed by atoms with E-state index in [2.05, 4.69) is 13.8 Å². The van der Waals surface area contributed by atoms with Crippen molar-refractivity contribution in [2.24, 2.45) is 0 Å². The number of amides is 1. The van der Waals surface area contributed by atoms with Crippen LogP contribution in [-0.4, -0.2) is 56.0 Å². The van der Waals surface area contributed by atoms with E-state index in [4.69, 9.17) is 9.47 Å². The SMILES string of the molecule is CC[NH+](CC)CCN1C(=O)C(=O)C(=C([O-])c2ccc(OC(C)C)cc2)C1c1ccc(OC)cc1. The summed E-state index contributed by atoms with van der Waals surface area (Å²) in [7, 11) is 1.57. The minimum absolute atomic E-state index is 0.00547. The second-order valence-electron chi connectivity index (χ2n) is 8.64. The minimum Gasteiger partial charge on any atom is -0.872 e. The van der Waals surface area contributed by atoms with Gasteiger partial charge in [0.1, 0.15) is 11.5 Å². The monoisotopic (exact) mass is 466 g/mol. The van der Waals surface area contributed by atoms with Crippen molar-refractivity contribution in [1.29, 1.82) is 0 Å². The Morgan fingerprint density at radius 1 is 1.00 bits per heavy atom. The van der Waals surface area contributed by atoms with Crippen molar-refractivity contribution in [2.75, 3.05) is 33.3 Å². The quantitative estimate of drug-likeness (QED) is 0.327. The van der Waals surface area contributed by atoms with Crippen molar-refractivity contribution in [3.63, 3.8) is 0 Å². The number of hydrogen-bond donors (Lipinski definition) is 1. The molecule has 1 amide bonds. The number of nitrogens with zero attached hydrogens (tertiary/aromatic N) is 1. The molecule has 182 valence electrons. The average Bonchev–Trinajstić information content (AvgIpc) is 3.09. The van der Waals surface area contributed by atoms with Crippen LogP contribution in [0.5, 0.6) is 11.5 Å². The summed E-state index contributed by atoms with van der Waals surface area (Å²) in [5, 5.41) is 13.5. The summed E-state index contributed by atoms with van der Waals surface area (Å²) >= 11 is 0. The molecule has 0 aromatic heterocycles. The molecular formula is C27H34N2O5. The Morgan fingerprint density at radius 2 is 1.59 bits per heavy atom. The normalized spacial score (nSPS) is 17.6. The van der Waals surface area contributed by atoms with Crippen LogP contribution in [0.25, 0.3) is 5.76 Å². The van der Waals surface area contributed by atoms with Gasteiger partial charge in [0.25, 0.3) is 5.91 Å². The maximum Gasteiger partial charge on any atom is 0.295 e. The molecule has 0 radical (unpaired) electrons. The van der Waals surface area contributed by atoms with E-state index < -0.39 is 23.5 Å². The Bertz CT molecular complexity index is 1020. The topological polar surface area (TPSA) is 83.3 Å². The van der Waals surface area contributed by atoms with E-state index in [-0.39, 0.29) is 11.7 Å². The Morgan fingerprint density at radius 3 is 2.12 bits per heavy atom. The molecule has 34 heavy (non-hydrogen) atoms. The van der Waals surface area contributed by atoms with Crippen molar-refractivity contribution in [1.82, 2.24) is 4.90 Å². The number of nitrogens with one attached hydrogen (secondary N) is 1. The summed E-state index contributed by atoms with van der Waals surface area (Å²) in [5.74, 6) is -0.501. The van der Waals surface area contributed by atoms with E-state index in [9.17, 15) is 14.7 Å². The van der Waals surface area contributed by atoms with Crippen LogP contribution >= 0.6 is 0 Å². The summed E-state index contributed by atoms with van der Waals surface area (Å²) in [6, 6.07) is 13.1. The number of ketones is 1. The van der Waals surface area contributed by atoms with E-state index in [1.54, 1.807) is 60.5 Å². The van der Waals surface area contributed by atoms with Gasteiger partial charge in [-0.1, -0.05) is 30.0 Å². The van der Waals surface area contributed by atoms with Gasteiger partial charge in [-0.05, 0) is 63.1 Å². The number of likely N-dealkylation sites (tertiary alicyclic amines) is 1. The maximum absolute atomic E-state index is 13.5. The highest BCUT2D eigenvalue weighted by atomic mass is 16.5. The number of carbonyl (C=O) groups excluding carboxylic acids is 2. The molecule has 1 aliphatic rings. The summed E-state index contributed by atoms with van der Waals surface area (Å²) in [4.78, 5) is 29.1. The van der Waals surface area contributed by atoms with Crippen LogP contribution in [0.4, 0.5) is 0 Å². The molecule has 1 saturated heterocycles. The van der Waals surface area contributed by atoms with E-state index in [1.807, 2.05) is 13.8 Å². The van der Waals surface area contributed by atoms with E-state index in [0.29, 0.717) is 35.7 Å². The van der Waals surface area contributed by atoms with Gasteiger partial charge < -0.3 is 24.4 Å². The van der Waals surface area contributed by atoms with Gasteiger partial charge in [0.2, 0.25) is 5.78 Å². The molecule has 1 heterocycles. The number of ether oxygens (including phenoxy) is 2. The first-order valence-corrected chi connectivity index (χ1v) is 11.8. The smallest absolute Gasteiger partial charge is 0.295 e. The third kappa shape index (κ3) is 5.42. The molecule has 2 aromatic rings. The van der Waals surface area contributed by atoms with Crippen molar-refractivity contribution in [3.05, 3.63) is 65.2 Å². The van der Waals surface area contributed by atoms with Gasteiger partial charge in [-0.3, -0.25) is 9.59 Å². The lowest BCUT2D eigenvalue weighted by Crippen LogP contribution is -3.12. The standard InChI is InChI=1S/C27H34N2O5/c1-6-28(7-2)16-17-29-24(19-8-12-21(33-5)13-9-19)23(26(31)27(29)32)25(30)20-10-14-22(15-11-20)34-18(3)4/h8-15,18,24,30H,6-7,16-17H2,1-5H3. The lowest BCUT2D eigenvalue weighted by molar-refractivity contribution is -0.895. The Labute approximate surface area is 201 Å². The third-order valence-corrected chi connectivity index (χ3v) is 6.16. The molecule has 7 nitrogen and oxygen atoms in total. The number of hydrogen-bond acceptors (Lipinski definition) is 5. The summed E-state index contributed by atoms with van der Waals surface area (Å²) in [6.07, 6.45) is 0.00547. The van der Waals surface area contributed by atoms with Gasteiger partial charge in [-0.25, -0.2) is 0 Å². The molecule has 3 rings (SSSR count). The zero-order valence-corrected chi connectivity index (χ0v) is 20.6. The fraction of sp³-hybridized carbons (Fsp3) is 0.407. The minimum atomic E-state index is -0.736. The van der Waals surface area contributed by atoms with Crippen LogP contribution in [0, 0.1) is 0 Å². The number of methoxy groups -OCH3 is 1. The number of benzene rings is 2. The zero-order chi connectivity index (χ0) is 24.8. The number of likely N-dealkylation sites (N-methyl/N-ethyl adjacent to an activating group) is 1. The predicted molar refractivity (Wildman–Crippen MR) is 128 cm³/mol. The highest BCUT2D eigenvalue weighted by Gasteiger charge is 2.44. The highest BCUT2D eigenvalue weighted by molar-refractivity contribution is 6.46. The molecule has 1 fully saturated rings. The van der Waals surface area contributed by atoms with Gasteiger partial charge in [0, 0.05) is 5.57 Å². The zero-order valence-electron chi connectivity index (χ0n) is 20.6. The number of Topliss-reactive ketones (excluding diaryl/α,β-unsaturated/α-hetero) is 1. The fourth-order valence-corrected chi connectivity index (χ4v) is 4.23. The Balaban J connectivity index is 2.04. The van der Waals surface area contributed by atoms with Crippen LogP contribution < -0.4 is 19.5 Å². The Hall–Kier alpha value is -3.32. The first-order chi connectivity index (χ1) is 16.3. The molecule has 1 unspecified atom stereocenters. The molecule has 1 N–H and O–H groups in total.